The molecule has 0 atom stereocenters. The predicted molar refractivity (Wildman–Crippen MR) is 131 cm³/mol. The minimum absolute atomic E-state index is 0.0469. The lowest BCUT2D eigenvalue weighted by Gasteiger charge is -2.09. The summed E-state index contributed by atoms with van der Waals surface area (Å²) < 4.78 is 48.3. The Hall–Kier alpha value is -4.30. The minimum Gasteiger partial charge on any atom is -0.423 e. The van der Waals surface area contributed by atoms with E-state index in [9.17, 15) is 18.0 Å². The van der Waals surface area contributed by atoms with Gasteiger partial charge in [0.15, 0.2) is 0 Å². The lowest BCUT2D eigenvalue weighted by atomic mass is 9.98. The van der Waals surface area contributed by atoms with Gasteiger partial charge in [-0.3, -0.25) is 0 Å². The molecule has 0 aliphatic rings. The third-order valence-corrected chi connectivity index (χ3v) is 5.59. The number of aryl methyl sites for hydroxylation is 1. The number of hydrogen-bond acceptors (Lipinski definition) is 2. The molecule has 0 fully saturated rings. The number of ether oxygens (including phenoxy) is 1. The first-order valence-electron chi connectivity index (χ1n) is 11.1. The van der Waals surface area contributed by atoms with Crippen LogP contribution in [0.4, 0.5) is 13.2 Å². The molecule has 0 bridgehead atoms. The topological polar surface area (TPSA) is 26.3 Å². The Morgan fingerprint density at radius 2 is 1.40 bits per heavy atom. The van der Waals surface area contributed by atoms with E-state index in [1.165, 1.54) is 12.1 Å². The molecular weight excluding hydrogens is 449 g/mol. The van der Waals surface area contributed by atoms with Gasteiger partial charge in [-0.1, -0.05) is 55.7 Å². The molecule has 4 aromatic rings. The maximum Gasteiger partial charge on any atom is 0.343 e. The van der Waals surface area contributed by atoms with Gasteiger partial charge in [-0.05, 0) is 71.1 Å². The van der Waals surface area contributed by atoms with E-state index in [1.54, 1.807) is 42.5 Å². The van der Waals surface area contributed by atoms with Gasteiger partial charge in [0, 0.05) is 5.56 Å². The predicted octanol–water partition coefficient (Wildman–Crippen LogP) is 7.59. The Bertz CT molecular complexity index is 1390. The van der Waals surface area contributed by atoms with Crippen LogP contribution < -0.4 is 4.74 Å². The lowest BCUT2D eigenvalue weighted by molar-refractivity contribution is 0.0734. The van der Waals surface area contributed by atoms with Gasteiger partial charge in [0.1, 0.15) is 23.2 Å². The van der Waals surface area contributed by atoms with Gasteiger partial charge in [-0.25, -0.2) is 18.0 Å². The molecule has 0 aromatic heterocycles. The zero-order chi connectivity index (χ0) is 24.9. The summed E-state index contributed by atoms with van der Waals surface area (Å²) in [4.78, 5) is 12.4. The SMILES string of the molecule is C#Cc1c(F)cc(-c2ccc(-c3ccc(OC(=O)c4ccc(CCC)cc4)cc3)cc2F)cc1F. The molecule has 35 heavy (non-hydrogen) atoms. The fourth-order valence-corrected chi connectivity index (χ4v) is 3.77. The van der Waals surface area contributed by atoms with Crippen LogP contribution >= 0.6 is 0 Å². The molecule has 174 valence electrons. The molecule has 0 amide bonds. The Balaban J connectivity index is 1.50. The van der Waals surface area contributed by atoms with E-state index in [1.807, 2.05) is 18.1 Å². The molecule has 0 aliphatic carbocycles. The molecule has 0 aliphatic heterocycles. The molecule has 0 spiro atoms. The van der Waals surface area contributed by atoms with E-state index < -0.39 is 29.0 Å². The molecule has 0 radical (unpaired) electrons. The van der Waals surface area contributed by atoms with E-state index in [2.05, 4.69) is 6.92 Å². The van der Waals surface area contributed by atoms with E-state index in [0.29, 0.717) is 22.4 Å². The first-order chi connectivity index (χ1) is 16.9. The van der Waals surface area contributed by atoms with Crippen molar-refractivity contribution in [3.8, 4) is 40.3 Å². The molecule has 0 unspecified atom stereocenters. The lowest BCUT2D eigenvalue weighted by Crippen LogP contribution is -2.08. The Labute approximate surface area is 202 Å². The van der Waals surface area contributed by atoms with Crippen LogP contribution in [0.1, 0.15) is 34.8 Å². The number of carbonyl (C=O) groups is 1. The van der Waals surface area contributed by atoms with Crippen LogP contribution in [0.15, 0.2) is 78.9 Å². The molecule has 0 saturated carbocycles. The Morgan fingerprint density at radius 1 is 0.800 bits per heavy atom. The monoisotopic (exact) mass is 470 g/mol. The molecular formula is C30H21F3O2. The van der Waals surface area contributed by atoms with Crippen molar-refractivity contribution in [2.24, 2.45) is 0 Å². The van der Waals surface area contributed by atoms with Gasteiger partial charge in [0.2, 0.25) is 0 Å². The third kappa shape index (κ3) is 5.28. The van der Waals surface area contributed by atoms with Crippen LogP contribution in [0, 0.1) is 29.8 Å². The van der Waals surface area contributed by atoms with Gasteiger partial charge in [-0.2, -0.15) is 0 Å². The van der Waals surface area contributed by atoms with Crippen LogP contribution in [0.5, 0.6) is 5.75 Å². The van der Waals surface area contributed by atoms with Crippen LogP contribution in [0.25, 0.3) is 22.3 Å². The number of rotatable bonds is 6. The maximum atomic E-state index is 14.8. The summed E-state index contributed by atoms with van der Waals surface area (Å²) in [6, 6.07) is 20.3. The summed E-state index contributed by atoms with van der Waals surface area (Å²) in [5.41, 5.74) is 2.45. The quantitative estimate of drug-likeness (QED) is 0.165. The molecule has 0 saturated heterocycles. The number of terminal acetylenes is 1. The number of hydrogen-bond donors (Lipinski definition) is 0. The first-order valence-corrected chi connectivity index (χ1v) is 11.1. The number of esters is 1. The van der Waals surface area contributed by atoms with Crippen molar-refractivity contribution in [1.29, 1.82) is 0 Å². The number of halogens is 3. The van der Waals surface area contributed by atoms with Crippen molar-refractivity contribution in [3.05, 3.63) is 113 Å². The van der Waals surface area contributed by atoms with Gasteiger partial charge in [0.25, 0.3) is 0 Å². The minimum atomic E-state index is -0.923. The summed E-state index contributed by atoms with van der Waals surface area (Å²) in [6.07, 6.45) is 7.08. The largest absolute Gasteiger partial charge is 0.423 e. The van der Waals surface area contributed by atoms with Gasteiger partial charge >= 0.3 is 5.97 Å². The highest BCUT2D eigenvalue weighted by atomic mass is 19.1. The highest BCUT2D eigenvalue weighted by Gasteiger charge is 2.14. The van der Waals surface area contributed by atoms with Crippen LogP contribution in [-0.2, 0) is 6.42 Å². The zero-order valence-electron chi connectivity index (χ0n) is 18.9. The normalized spacial score (nSPS) is 10.6. The number of benzene rings is 4. The summed E-state index contributed by atoms with van der Waals surface area (Å²) in [5.74, 6) is -0.655. The molecule has 4 rings (SSSR count). The van der Waals surface area contributed by atoms with Gasteiger partial charge in [-0.15, -0.1) is 6.42 Å². The van der Waals surface area contributed by atoms with Crippen LogP contribution in [0.3, 0.4) is 0 Å². The highest BCUT2D eigenvalue weighted by Crippen LogP contribution is 2.31. The first kappa shape index (κ1) is 23.8. The number of carbonyl (C=O) groups excluding carboxylic acids is 1. The van der Waals surface area contributed by atoms with Gasteiger partial charge in [0.05, 0.1) is 11.1 Å². The smallest absolute Gasteiger partial charge is 0.343 e. The standard InChI is InChI=1S/C30H21F3O2/c1-3-5-19-6-8-21(9-7-19)30(34)35-24-13-10-20(11-14-24)22-12-15-26(29(33)16-22)23-17-27(31)25(4-2)28(32)18-23/h2,6-18H,3,5H2,1H3. The summed E-state index contributed by atoms with van der Waals surface area (Å²) >= 11 is 0. The second-order valence-corrected chi connectivity index (χ2v) is 8.01. The second kappa shape index (κ2) is 10.3. The summed E-state index contributed by atoms with van der Waals surface area (Å²) in [7, 11) is 0. The average Bonchev–Trinajstić information content (AvgIpc) is 2.85. The summed E-state index contributed by atoms with van der Waals surface area (Å²) in [5, 5.41) is 0. The molecule has 4 aromatic carbocycles. The van der Waals surface area contributed by atoms with E-state index in [4.69, 9.17) is 11.2 Å². The maximum absolute atomic E-state index is 14.8. The summed E-state index contributed by atoms with van der Waals surface area (Å²) in [6.45, 7) is 2.09. The molecule has 0 heterocycles. The van der Waals surface area contributed by atoms with E-state index >= 15 is 0 Å². The molecule has 0 N–H and O–H groups in total. The van der Waals surface area contributed by atoms with Crippen LogP contribution in [-0.4, -0.2) is 5.97 Å². The second-order valence-electron chi connectivity index (χ2n) is 8.01. The van der Waals surface area contributed by atoms with Crippen molar-refractivity contribution in [2.75, 3.05) is 0 Å². The van der Waals surface area contributed by atoms with Crippen molar-refractivity contribution in [3.63, 3.8) is 0 Å². The molecule has 5 heteroatoms. The highest BCUT2D eigenvalue weighted by molar-refractivity contribution is 5.91. The van der Waals surface area contributed by atoms with Crippen LogP contribution in [0.2, 0.25) is 0 Å². The average molecular weight is 470 g/mol. The zero-order valence-corrected chi connectivity index (χ0v) is 18.9. The van der Waals surface area contributed by atoms with Crippen molar-refractivity contribution >= 4 is 5.97 Å². The Morgan fingerprint density at radius 3 is 1.97 bits per heavy atom. The Kier molecular flexibility index (Phi) is 7.03. The van der Waals surface area contributed by atoms with Crippen molar-refractivity contribution in [2.45, 2.75) is 19.8 Å². The fraction of sp³-hybridized carbons (Fsp3) is 0.100. The van der Waals surface area contributed by atoms with E-state index in [-0.39, 0.29) is 11.1 Å². The molecule has 2 nitrogen and oxygen atoms in total. The van der Waals surface area contributed by atoms with Crippen molar-refractivity contribution in [1.82, 2.24) is 0 Å². The fourth-order valence-electron chi connectivity index (χ4n) is 3.77. The van der Waals surface area contributed by atoms with Crippen molar-refractivity contribution < 1.29 is 22.7 Å². The van der Waals surface area contributed by atoms with E-state index in [0.717, 1.165) is 30.5 Å². The third-order valence-electron chi connectivity index (χ3n) is 5.59. The van der Waals surface area contributed by atoms with Gasteiger partial charge < -0.3 is 4.74 Å².